The molecule has 31 heavy (non-hydrogen) atoms. The highest BCUT2D eigenvalue weighted by Crippen LogP contribution is 2.26. The van der Waals surface area contributed by atoms with Gasteiger partial charge in [-0.2, -0.15) is 0 Å². The smallest absolute Gasteiger partial charge is 0.252 e. The van der Waals surface area contributed by atoms with Crippen LogP contribution in [-0.2, 0) is 16.0 Å². The summed E-state index contributed by atoms with van der Waals surface area (Å²) in [4.78, 5) is 36.3. The van der Waals surface area contributed by atoms with Crippen LogP contribution in [0.25, 0.3) is 10.9 Å². The van der Waals surface area contributed by atoms with Crippen molar-refractivity contribution in [2.24, 2.45) is 0 Å². The molecule has 3 heterocycles. The number of nitrogens with one attached hydrogen (secondary N) is 1. The molecular formula is C22H24N4O4S. The van der Waals surface area contributed by atoms with Crippen molar-refractivity contribution >= 4 is 34.1 Å². The van der Waals surface area contributed by atoms with E-state index in [1.807, 2.05) is 36.6 Å². The van der Waals surface area contributed by atoms with Crippen molar-refractivity contribution in [3.8, 4) is 0 Å². The van der Waals surface area contributed by atoms with Crippen LogP contribution in [0.4, 0.5) is 0 Å². The number of aromatic nitrogens is 2. The molecule has 3 aromatic rings. The number of hydrogen-bond acceptors (Lipinski definition) is 7. The Labute approximate surface area is 183 Å². The summed E-state index contributed by atoms with van der Waals surface area (Å²) < 4.78 is 5.92. The molecule has 2 aromatic heterocycles. The summed E-state index contributed by atoms with van der Waals surface area (Å²) >= 11 is 1.53. The number of para-hydroxylation sites is 1. The number of rotatable bonds is 6. The third-order valence-corrected chi connectivity index (χ3v) is 5.95. The average Bonchev–Trinajstić information content (AvgIpc) is 3.21. The van der Waals surface area contributed by atoms with Gasteiger partial charge in [-0.1, -0.05) is 18.2 Å². The molecule has 0 radical (unpaired) electrons. The number of morpholine rings is 1. The normalized spacial score (nSPS) is 16.5. The molecule has 1 atom stereocenters. The topological polar surface area (TPSA) is 105 Å². The Hall–Kier alpha value is -2.88. The predicted octanol–water partition coefficient (Wildman–Crippen LogP) is 1.86. The Morgan fingerprint density at radius 1 is 1.32 bits per heavy atom. The van der Waals surface area contributed by atoms with Crippen molar-refractivity contribution in [2.75, 3.05) is 32.8 Å². The van der Waals surface area contributed by atoms with Crippen LogP contribution in [0.1, 0.15) is 32.9 Å². The first kappa shape index (κ1) is 21.4. The Morgan fingerprint density at radius 2 is 2.16 bits per heavy atom. The average molecular weight is 441 g/mol. The molecule has 1 fully saturated rings. The predicted molar refractivity (Wildman–Crippen MR) is 117 cm³/mol. The van der Waals surface area contributed by atoms with E-state index < -0.39 is 6.10 Å². The van der Waals surface area contributed by atoms with Gasteiger partial charge in [0.2, 0.25) is 5.91 Å². The monoisotopic (exact) mass is 440 g/mol. The Kier molecular flexibility index (Phi) is 6.55. The zero-order valence-corrected chi connectivity index (χ0v) is 18.0. The molecule has 162 valence electrons. The van der Waals surface area contributed by atoms with Crippen LogP contribution in [0.3, 0.4) is 0 Å². The maximum atomic E-state index is 12.8. The fourth-order valence-electron chi connectivity index (χ4n) is 3.62. The molecule has 0 bridgehead atoms. The maximum Gasteiger partial charge on any atom is 0.252 e. The van der Waals surface area contributed by atoms with Crippen molar-refractivity contribution < 1.29 is 19.4 Å². The van der Waals surface area contributed by atoms with Crippen LogP contribution < -0.4 is 5.32 Å². The zero-order valence-electron chi connectivity index (χ0n) is 17.2. The number of carbonyl (C=O) groups is 2. The van der Waals surface area contributed by atoms with Gasteiger partial charge in [0.25, 0.3) is 5.91 Å². The number of thiazole rings is 1. The third kappa shape index (κ3) is 4.90. The summed E-state index contributed by atoms with van der Waals surface area (Å²) in [7, 11) is 0. The molecule has 1 aromatic carbocycles. The molecule has 4 rings (SSSR count). The quantitative estimate of drug-likeness (QED) is 0.606. The van der Waals surface area contributed by atoms with Gasteiger partial charge in [-0.3, -0.25) is 9.59 Å². The minimum Gasteiger partial charge on any atom is -0.395 e. The first-order chi connectivity index (χ1) is 15.0. The molecule has 0 unspecified atom stereocenters. The fourth-order valence-corrected chi connectivity index (χ4v) is 4.24. The van der Waals surface area contributed by atoms with Gasteiger partial charge < -0.3 is 20.1 Å². The van der Waals surface area contributed by atoms with Crippen molar-refractivity contribution in [3.05, 3.63) is 57.7 Å². The minimum absolute atomic E-state index is 0.000279. The highest BCUT2D eigenvalue weighted by Gasteiger charge is 2.28. The van der Waals surface area contributed by atoms with E-state index in [0.29, 0.717) is 36.5 Å². The molecule has 2 N–H and O–H groups in total. The molecule has 1 saturated heterocycles. The second kappa shape index (κ2) is 9.51. The summed E-state index contributed by atoms with van der Waals surface area (Å²) in [5.41, 5.74) is 2.54. The summed E-state index contributed by atoms with van der Waals surface area (Å²) in [6.45, 7) is 3.23. The second-order valence-corrected chi connectivity index (χ2v) is 8.39. The molecule has 9 heteroatoms. The number of aliphatic hydroxyl groups excluding tert-OH is 1. The lowest BCUT2D eigenvalue weighted by Crippen LogP contribution is -2.43. The van der Waals surface area contributed by atoms with E-state index in [-0.39, 0.29) is 31.4 Å². The van der Waals surface area contributed by atoms with Gasteiger partial charge in [-0.15, -0.1) is 11.3 Å². The first-order valence-corrected chi connectivity index (χ1v) is 11.0. The van der Waals surface area contributed by atoms with E-state index >= 15 is 0 Å². The van der Waals surface area contributed by atoms with Crippen LogP contribution in [0.5, 0.6) is 0 Å². The van der Waals surface area contributed by atoms with Gasteiger partial charge in [-0.25, -0.2) is 9.97 Å². The van der Waals surface area contributed by atoms with Crippen LogP contribution in [0, 0.1) is 6.92 Å². The van der Waals surface area contributed by atoms with Crippen molar-refractivity contribution in [3.63, 3.8) is 0 Å². The lowest BCUT2D eigenvalue weighted by molar-refractivity contribution is -0.138. The van der Waals surface area contributed by atoms with Crippen LogP contribution in [0.2, 0.25) is 0 Å². The van der Waals surface area contributed by atoms with Crippen LogP contribution in [0.15, 0.2) is 35.7 Å². The van der Waals surface area contributed by atoms with E-state index in [9.17, 15) is 9.59 Å². The molecule has 1 aliphatic heterocycles. The van der Waals surface area contributed by atoms with E-state index in [1.54, 1.807) is 11.0 Å². The van der Waals surface area contributed by atoms with Gasteiger partial charge in [-0.05, 0) is 19.1 Å². The fraction of sp³-hybridized carbons (Fsp3) is 0.364. The molecular weight excluding hydrogens is 416 g/mol. The van der Waals surface area contributed by atoms with Crippen molar-refractivity contribution in [1.29, 1.82) is 0 Å². The van der Waals surface area contributed by atoms with Gasteiger partial charge in [0.15, 0.2) is 0 Å². The van der Waals surface area contributed by atoms with E-state index in [1.165, 1.54) is 11.3 Å². The number of aliphatic hydroxyl groups is 1. The van der Waals surface area contributed by atoms with Crippen molar-refractivity contribution in [2.45, 2.75) is 19.4 Å². The van der Waals surface area contributed by atoms with Crippen LogP contribution >= 0.6 is 11.3 Å². The molecule has 1 aliphatic rings. The number of amides is 2. The lowest BCUT2D eigenvalue weighted by atomic mass is 10.0. The summed E-state index contributed by atoms with van der Waals surface area (Å²) in [5, 5.41) is 15.3. The minimum atomic E-state index is -0.427. The van der Waals surface area contributed by atoms with E-state index in [2.05, 4.69) is 10.3 Å². The molecule has 0 saturated carbocycles. The molecule has 0 aliphatic carbocycles. The number of fused-ring (bicyclic) bond motifs is 1. The highest BCUT2D eigenvalue weighted by atomic mass is 32.1. The summed E-state index contributed by atoms with van der Waals surface area (Å²) in [5.74, 6) is -0.281. The summed E-state index contributed by atoms with van der Waals surface area (Å²) in [6, 6.07) is 9.12. The third-order valence-electron chi connectivity index (χ3n) is 5.13. The zero-order chi connectivity index (χ0) is 21.8. The number of pyridine rings is 1. The van der Waals surface area contributed by atoms with Crippen molar-refractivity contribution in [1.82, 2.24) is 20.2 Å². The van der Waals surface area contributed by atoms with Gasteiger partial charge in [0.05, 0.1) is 53.7 Å². The van der Waals surface area contributed by atoms with Crippen LogP contribution in [-0.4, -0.2) is 64.6 Å². The van der Waals surface area contributed by atoms with E-state index in [4.69, 9.17) is 14.8 Å². The number of nitrogens with zero attached hydrogens (tertiary/aromatic N) is 3. The summed E-state index contributed by atoms with van der Waals surface area (Å²) in [6.07, 6.45) is -0.166. The second-order valence-electron chi connectivity index (χ2n) is 7.33. The highest BCUT2D eigenvalue weighted by molar-refractivity contribution is 7.09. The Morgan fingerprint density at radius 3 is 2.94 bits per heavy atom. The number of ether oxygens (including phenoxy) is 1. The molecule has 0 spiro atoms. The molecule has 8 nitrogen and oxygen atoms in total. The maximum absolute atomic E-state index is 12.8. The SMILES string of the molecule is Cc1nc(CC(=O)N2CCO[C@H](c3cc(C(=O)NCCO)c4ccccc4n3)C2)cs1. The number of benzene rings is 1. The number of carbonyl (C=O) groups excluding carboxylic acids is 2. The van der Waals surface area contributed by atoms with Gasteiger partial charge in [0.1, 0.15) is 6.10 Å². The van der Waals surface area contributed by atoms with Gasteiger partial charge in [0, 0.05) is 23.9 Å². The Balaban J connectivity index is 1.57. The lowest BCUT2D eigenvalue weighted by Gasteiger charge is -2.33. The van der Waals surface area contributed by atoms with Gasteiger partial charge >= 0.3 is 0 Å². The largest absolute Gasteiger partial charge is 0.395 e. The standard InChI is InChI=1S/C22H24N4O4S/c1-14-24-15(13-31-14)10-21(28)26-7-9-30-20(12-26)19-11-17(22(29)23-6-8-27)16-4-2-3-5-18(16)25-19/h2-5,11,13,20,27H,6-10,12H2,1H3,(H,23,29)/t20-/m0/s1. The molecule has 2 amide bonds. The number of aryl methyl sites for hydroxylation is 1. The number of hydrogen-bond donors (Lipinski definition) is 2. The Bertz CT molecular complexity index is 1100. The first-order valence-electron chi connectivity index (χ1n) is 10.1. The van der Waals surface area contributed by atoms with E-state index in [0.717, 1.165) is 16.1 Å².